The van der Waals surface area contributed by atoms with Gasteiger partial charge in [-0.15, -0.1) is 11.8 Å². The highest BCUT2D eigenvalue weighted by atomic mass is 32.2. The Labute approximate surface area is 158 Å². The van der Waals surface area contributed by atoms with Crippen molar-refractivity contribution in [2.45, 2.75) is 41.5 Å². The number of fused-ring (bicyclic) bond motifs is 2. The Morgan fingerprint density at radius 1 is 1.04 bits per heavy atom. The van der Waals surface area contributed by atoms with Crippen molar-refractivity contribution >= 4 is 17.7 Å². The van der Waals surface area contributed by atoms with Gasteiger partial charge < -0.3 is 10.2 Å². The maximum Gasteiger partial charge on any atom is 0.240 e. The number of halogens is 1. The van der Waals surface area contributed by atoms with Crippen LogP contribution in [0.3, 0.4) is 0 Å². The number of nitrogens with one attached hydrogen (secondary N) is 1. The van der Waals surface area contributed by atoms with Crippen LogP contribution in [0, 0.1) is 5.82 Å². The van der Waals surface area contributed by atoms with Crippen molar-refractivity contribution in [1.82, 2.24) is 10.2 Å². The molecule has 2 aliphatic heterocycles. The van der Waals surface area contributed by atoms with Crippen LogP contribution >= 0.6 is 11.8 Å². The van der Waals surface area contributed by atoms with Gasteiger partial charge in [-0.05, 0) is 37.0 Å². The molecule has 0 aliphatic carbocycles. The number of rotatable bonds is 4. The first-order valence-electron chi connectivity index (χ1n) is 9.21. The van der Waals surface area contributed by atoms with E-state index in [1.165, 1.54) is 24.2 Å². The molecule has 5 heteroatoms. The molecule has 3 nitrogen and oxygen atoms in total. The zero-order valence-electron chi connectivity index (χ0n) is 14.6. The lowest BCUT2D eigenvalue weighted by Gasteiger charge is -2.28. The van der Waals surface area contributed by atoms with Gasteiger partial charge in [0.05, 0.1) is 0 Å². The van der Waals surface area contributed by atoms with Crippen molar-refractivity contribution in [1.29, 1.82) is 0 Å². The van der Waals surface area contributed by atoms with Crippen molar-refractivity contribution in [3.63, 3.8) is 0 Å². The Morgan fingerprint density at radius 2 is 1.77 bits per heavy atom. The van der Waals surface area contributed by atoms with Gasteiger partial charge >= 0.3 is 0 Å². The molecule has 26 heavy (non-hydrogen) atoms. The lowest BCUT2D eigenvalue weighted by Crippen LogP contribution is -2.40. The second-order valence-corrected chi connectivity index (χ2v) is 8.20. The SMILES string of the molecule is O=C(C(Sc1ccccc1F)c1ccccc1)N1CCC2CCC(C1)N2. The Morgan fingerprint density at radius 3 is 2.58 bits per heavy atom. The number of likely N-dealkylation sites (tertiary alicyclic amines) is 1. The molecule has 4 rings (SSSR count). The summed E-state index contributed by atoms with van der Waals surface area (Å²) in [5.74, 6) is -0.193. The average molecular weight is 370 g/mol. The van der Waals surface area contributed by atoms with Crippen LogP contribution in [-0.2, 0) is 4.79 Å². The van der Waals surface area contributed by atoms with Gasteiger partial charge in [-0.25, -0.2) is 4.39 Å². The van der Waals surface area contributed by atoms with Crippen LogP contribution in [0.2, 0.25) is 0 Å². The molecule has 2 aromatic rings. The van der Waals surface area contributed by atoms with Gasteiger partial charge in [-0.3, -0.25) is 4.79 Å². The number of carbonyl (C=O) groups excluding carboxylic acids is 1. The first-order chi connectivity index (χ1) is 12.7. The van der Waals surface area contributed by atoms with E-state index in [4.69, 9.17) is 0 Å². The van der Waals surface area contributed by atoms with E-state index >= 15 is 0 Å². The molecule has 1 amide bonds. The molecule has 1 N–H and O–H groups in total. The van der Waals surface area contributed by atoms with Crippen LogP contribution in [0.25, 0.3) is 0 Å². The second-order valence-electron chi connectivity index (χ2n) is 7.05. The van der Waals surface area contributed by atoms with E-state index < -0.39 is 5.25 Å². The number of thioether (sulfide) groups is 1. The third-order valence-electron chi connectivity index (χ3n) is 5.24. The van der Waals surface area contributed by atoms with Gasteiger partial charge in [0.15, 0.2) is 0 Å². The molecule has 0 aromatic heterocycles. The summed E-state index contributed by atoms with van der Waals surface area (Å²) in [6.07, 6.45) is 3.33. The maximum absolute atomic E-state index is 14.2. The van der Waals surface area contributed by atoms with Crippen molar-refractivity contribution in [3.05, 3.63) is 66.0 Å². The minimum absolute atomic E-state index is 0.0822. The highest BCUT2D eigenvalue weighted by Crippen LogP contribution is 2.38. The standard InChI is InChI=1S/C21H23FN2OS/c22-18-8-4-5-9-19(18)26-20(15-6-2-1-3-7-15)21(25)24-13-12-16-10-11-17(14-24)23-16/h1-9,16-17,20,23H,10-14H2. The molecular formula is C21H23FN2OS. The van der Waals surface area contributed by atoms with E-state index in [1.54, 1.807) is 12.1 Å². The Balaban J connectivity index is 1.60. The topological polar surface area (TPSA) is 32.3 Å². The molecular weight excluding hydrogens is 347 g/mol. The highest BCUT2D eigenvalue weighted by Gasteiger charge is 2.34. The Kier molecular flexibility index (Phi) is 5.27. The smallest absolute Gasteiger partial charge is 0.240 e. The van der Waals surface area contributed by atoms with E-state index in [9.17, 15) is 9.18 Å². The molecule has 2 bridgehead atoms. The van der Waals surface area contributed by atoms with E-state index in [2.05, 4.69) is 5.32 Å². The van der Waals surface area contributed by atoms with E-state index in [0.717, 1.165) is 31.5 Å². The number of carbonyl (C=O) groups is 1. The zero-order chi connectivity index (χ0) is 17.9. The number of hydrogen-bond donors (Lipinski definition) is 1. The molecule has 136 valence electrons. The molecule has 2 aliphatic rings. The van der Waals surface area contributed by atoms with Gasteiger partial charge in [0.2, 0.25) is 5.91 Å². The van der Waals surface area contributed by atoms with Crippen molar-refractivity contribution in [2.75, 3.05) is 13.1 Å². The van der Waals surface area contributed by atoms with Crippen LogP contribution < -0.4 is 5.32 Å². The third-order valence-corrected chi connectivity index (χ3v) is 6.54. The molecule has 0 radical (unpaired) electrons. The second kappa shape index (κ2) is 7.80. The number of nitrogens with zero attached hydrogens (tertiary/aromatic N) is 1. The van der Waals surface area contributed by atoms with E-state index in [1.807, 2.05) is 41.3 Å². The quantitative estimate of drug-likeness (QED) is 0.826. The van der Waals surface area contributed by atoms with Crippen LogP contribution in [0.4, 0.5) is 4.39 Å². The molecule has 3 unspecified atom stereocenters. The maximum atomic E-state index is 14.2. The predicted octanol–water partition coefficient (Wildman–Crippen LogP) is 4.01. The molecule has 3 atom stereocenters. The van der Waals surface area contributed by atoms with E-state index in [0.29, 0.717) is 17.0 Å². The summed E-state index contributed by atoms with van der Waals surface area (Å²) in [4.78, 5) is 15.9. The number of benzene rings is 2. The van der Waals surface area contributed by atoms with Crippen LogP contribution in [0.15, 0.2) is 59.5 Å². The summed E-state index contributed by atoms with van der Waals surface area (Å²) in [5, 5.41) is 3.19. The summed E-state index contributed by atoms with van der Waals surface area (Å²) in [6, 6.07) is 17.3. The summed E-state index contributed by atoms with van der Waals surface area (Å²) >= 11 is 1.31. The molecule has 0 spiro atoms. The van der Waals surface area contributed by atoms with E-state index in [-0.39, 0.29) is 11.7 Å². The lowest BCUT2D eigenvalue weighted by molar-refractivity contribution is -0.131. The third kappa shape index (κ3) is 3.79. The summed E-state index contributed by atoms with van der Waals surface area (Å²) in [7, 11) is 0. The van der Waals surface area contributed by atoms with Gasteiger partial charge in [0, 0.05) is 30.1 Å². The molecule has 0 saturated carbocycles. The molecule has 2 fully saturated rings. The van der Waals surface area contributed by atoms with Gasteiger partial charge in [-0.1, -0.05) is 42.5 Å². The average Bonchev–Trinajstić information content (AvgIpc) is 3.00. The van der Waals surface area contributed by atoms with Crippen molar-refractivity contribution in [2.24, 2.45) is 0 Å². The lowest BCUT2D eigenvalue weighted by atomic mass is 10.1. The van der Waals surface area contributed by atoms with Crippen LogP contribution in [0.5, 0.6) is 0 Å². The van der Waals surface area contributed by atoms with Crippen LogP contribution in [-0.4, -0.2) is 36.0 Å². The predicted molar refractivity (Wildman–Crippen MR) is 103 cm³/mol. The summed E-state index contributed by atoms with van der Waals surface area (Å²) in [5.41, 5.74) is 0.924. The highest BCUT2D eigenvalue weighted by molar-refractivity contribution is 8.00. The fraction of sp³-hybridized carbons (Fsp3) is 0.381. The minimum Gasteiger partial charge on any atom is -0.340 e. The molecule has 2 heterocycles. The van der Waals surface area contributed by atoms with Gasteiger partial charge in [0.25, 0.3) is 0 Å². The Bertz CT molecular complexity index is 770. The normalized spacial score (nSPS) is 23.5. The van der Waals surface area contributed by atoms with Crippen molar-refractivity contribution in [3.8, 4) is 0 Å². The van der Waals surface area contributed by atoms with Crippen LogP contribution in [0.1, 0.15) is 30.1 Å². The number of amides is 1. The summed E-state index contributed by atoms with van der Waals surface area (Å²) < 4.78 is 14.2. The van der Waals surface area contributed by atoms with Crippen molar-refractivity contribution < 1.29 is 9.18 Å². The van der Waals surface area contributed by atoms with Gasteiger partial charge in [-0.2, -0.15) is 0 Å². The Hall–Kier alpha value is -1.85. The first-order valence-corrected chi connectivity index (χ1v) is 10.1. The first kappa shape index (κ1) is 17.6. The fourth-order valence-corrected chi connectivity index (χ4v) is 5.00. The minimum atomic E-state index is -0.426. The monoisotopic (exact) mass is 370 g/mol. The number of hydrogen-bond acceptors (Lipinski definition) is 3. The molecule has 2 aromatic carbocycles. The van der Waals surface area contributed by atoms with Gasteiger partial charge in [0.1, 0.15) is 11.1 Å². The summed E-state index contributed by atoms with van der Waals surface area (Å²) in [6.45, 7) is 1.52. The largest absolute Gasteiger partial charge is 0.340 e. The fourth-order valence-electron chi connectivity index (χ4n) is 3.87. The molecule has 2 saturated heterocycles. The zero-order valence-corrected chi connectivity index (χ0v) is 15.4.